The summed E-state index contributed by atoms with van der Waals surface area (Å²) in [6, 6.07) is 10.3. The summed E-state index contributed by atoms with van der Waals surface area (Å²) >= 11 is 3.57. The van der Waals surface area contributed by atoms with Gasteiger partial charge in [0.05, 0.1) is 11.1 Å². The van der Waals surface area contributed by atoms with E-state index < -0.39 is 0 Å². The van der Waals surface area contributed by atoms with Gasteiger partial charge >= 0.3 is 0 Å². The minimum absolute atomic E-state index is 0.251. The van der Waals surface area contributed by atoms with Gasteiger partial charge in [-0.3, -0.25) is 0 Å². The predicted molar refractivity (Wildman–Crippen MR) is 98.0 cm³/mol. The molecule has 24 heavy (non-hydrogen) atoms. The van der Waals surface area contributed by atoms with Gasteiger partial charge in [0.15, 0.2) is 11.5 Å². The number of hydrogen-bond acceptors (Lipinski definition) is 3. The molecule has 0 aliphatic heterocycles. The van der Waals surface area contributed by atoms with Gasteiger partial charge in [0, 0.05) is 6.54 Å². The lowest BCUT2D eigenvalue weighted by Crippen LogP contribution is -2.14. The van der Waals surface area contributed by atoms with Crippen LogP contribution in [0, 0.1) is 5.82 Å². The Labute approximate surface area is 151 Å². The highest BCUT2D eigenvalue weighted by Crippen LogP contribution is 2.37. The molecule has 0 aliphatic carbocycles. The van der Waals surface area contributed by atoms with Crippen LogP contribution in [-0.4, -0.2) is 13.2 Å². The Morgan fingerprint density at radius 2 is 1.79 bits per heavy atom. The van der Waals surface area contributed by atoms with Crippen molar-refractivity contribution in [3.8, 4) is 11.5 Å². The second kappa shape index (κ2) is 9.64. The van der Waals surface area contributed by atoms with Crippen molar-refractivity contribution in [2.75, 3.05) is 13.2 Å². The molecule has 0 fully saturated rings. The van der Waals surface area contributed by atoms with Gasteiger partial charge in [-0.05, 0) is 71.2 Å². The first-order valence-corrected chi connectivity index (χ1v) is 8.96. The molecule has 0 unspecified atom stereocenters. The molecule has 0 radical (unpaired) electrons. The molecule has 0 bridgehead atoms. The van der Waals surface area contributed by atoms with Gasteiger partial charge in [0.2, 0.25) is 0 Å². The van der Waals surface area contributed by atoms with Crippen molar-refractivity contribution in [1.29, 1.82) is 0 Å². The van der Waals surface area contributed by atoms with E-state index in [0.717, 1.165) is 35.1 Å². The average molecular weight is 396 g/mol. The molecule has 2 aromatic rings. The van der Waals surface area contributed by atoms with E-state index in [4.69, 9.17) is 9.47 Å². The minimum atomic E-state index is -0.251. The fraction of sp³-hybridized carbons (Fsp3) is 0.368. The molecule has 0 saturated heterocycles. The Bertz CT molecular complexity index is 647. The van der Waals surface area contributed by atoms with Crippen LogP contribution >= 0.6 is 15.9 Å². The van der Waals surface area contributed by atoms with Crippen LogP contribution in [0.3, 0.4) is 0 Å². The largest absolute Gasteiger partial charge is 0.490 e. The van der Waals surface area contributed by atoms with Crippen LogP contribution in [0.15, 0.2) is 40.9 Å². The second-order valence-electron chi connectivity index (χ2n) is 5.43. The first kappa shape index (κ1) is 18.7. The van der Waals surface area contributed by atoms with Crippen LogP contribution in [0.1, 0.15) is 31.4 Å². The van der Waals surface area contributed by atoms with E-state index in [0.29, 0.717) is 24.7 Å². The molecule has 0 aliphatic rings. The van der Waals surface area contributed by atoms with Crippen LogP contribution in [-0.2, 0) is 13.2 Å². The number of halogens is 2. The molecule has 0 atom stereocenters. The molecule has 0 aromatic heterocycles. The topological polar surface area (TPSA) is 30.5 Å². The van der Waals surface area contributed by atoms with Gasteiger partial charge in [-0.1, -0.05) is 19.1 Å². The molecule has 0 spiro atoms. The summed E-state index contributed by atoms with van der Waals surface area (Å²) in [5.41, 5.74) is 2.03. The third kappa shape index (κ3) is 5.49. The van der Waals surface area contributed by atoms with Crippen LogP contribution in [0.25, 0.3) is 0 Å². The molecule has 2 rings (SSSR count). The third-order valence-electron chi connectivity index (χ3n) is 3.42. The fourth-order valence-corrected chi connectivity index (χ4v) is 2.88. The minimum Gasteiger partial charge on any atom is -0.490 e. The summed E-state index contributed by atoms with van der Waals surface area (Å²) in [5, 5.41) is 3.38. The molecule has 2 aromatic carbocycles. The summed E-state index contributed by atoms with van der Waals surface area (Å²) in [6.45, 7) is 6.76. The van der Waals surface area contributed by atoms with Gasteiger partial charge in [0.1, 0.15) is 12.4 Å². The van der Waals surface area contributed by atoms with E-state index in [9.17, 15) is 4.39 Å². The Balaban J connectivity index is 2.13. The predicted octanol–water partition coefficient (Wildman–Crippen LogP) is 5.07. The molecule has 0 heterocycles. The lowest BCUT2D eigenvalue weighted by Gasteiger charge is -2.16. The summed E-state index contributed by atoms with van der Waals surface area (Å²) < 4.78 is 25.5. The lowest BCUT2D eigenvalue weighted by atomic mass is 10.2. The standard InChI is InChI=1S/C19H23BrFNO2/c1-3-9-22-12-15-10-17(20)19(18(11-15)23-4-2)24-13-14-5-7-16(21)8-6-14/h5-8,10-11,22H,3-4,9,12-13H2,1-2H3. The van der Waals surface area contributed by atoms with Gasteiger partial charge in [0.25, 0.3) is 0 Å². The maximum absolute atomic E-state index is 13.0. The van der Waals surface area contributed by atoms with E-state index >= 15 is 0 Å². The summed E-state index contributed by atoms with van der Waals surface area (Å²) in [7, 11) is 0. The molecule has 130 valence electrons. The zero-order valence-electron chi connectivity index (χ0n) is 14.1. The summed E-state index contributed by atoms with van der Waals surface area (Å²) in [5.74, 6) is 1.13. The van der Waals surface area contributed by atoms with Crippen LogP contribution in [0.4, 0.5) is 4.39 Å². The van der Waals surface area contributed by atoms with Crippen LogP contribution < -0.4 is 14.8 Å². The van der Waals surface area contributed by atoms with Crippen molar-refractivity contribution in [2.24, 2.45) is 0 Å². The Morgan fingerprint density at radius 1 is 1.04 bits per heavy atom. The highest BCUT2D eigenvalue weighted by atomic mass is 79.9. The highest BCUT2D eigenvalue weighted by Gasteiger charge is 2.12. The SMILES string of the molecule is CCCNCc1cc(Br)c(OCc2ccc(F)cc2)c(OCC)c1. The second-order valence-corrected chi connectivity index (χ2v) is 6.28. The summed E-state index contributed by atoms with van der Waals surface area (Å²) in [4.78, 5) is 0. The maximum atomic E-state index is 13.0. The number of rotatable bonds is 9. The average Bonchev–Trinajstić information content (AvgIpc) is 2.56. The molecule has 0 saturated carbocycles. The molecule has 0 amide bonds. The smallest absolute Gasteiger partial charge is 0.175 e. The first-order chi connectivity index (χ1) is 11.6. The monoisotopic (exact) mass is 395 g/mol. The fourth-order valence-electron chi connectivity index (χ4n) is 2.27. The van der Waals surface area contributed by atoms with Crippen molar-refractivity contribution < 1.29 is 13.9 Å². The molecule has 1 N–H and O–H groups in total. The molecule has 5 heteroatoms. The quantitative estimate of drug-likeness (QED) is 0.601. The van der Waals surface area contributed by atoms with E-state index in [-0.39, 0.29) is 5.82 Å². The van der Waals surface area contributed by atoms with E-state index in [1.54, 1.807) is 12.1 Å². The van der Waals surface area contributed by atoms with Crippen LogP contribution in [0.2, 0.25) is 0 Å². The van der Waals surface area contributed by atoms with Gasteiger partial charge in [-0.2, -0.15) is 0 Å². The van der Waals surface area contributed by atoms with Crippen LogP contribution in [0.5, 0.6) is 11.5 Å². The first-order valence-electron chi connectivity index (χ1n) is 8.17. The molecular weight excluding hydrogens is 373 g/mol. The van der Waals surface area contributed by atoms with Gasteiger partial charge < -0.3 is 14.8 Å². The van der Waals surface area contributed by atoms with E-state index in [2.05, 4.69) is 28.2 Å². The van der Waals surface area contributed by atoms with Crippen molar-refractivity contribution in [3.05, 3.63) is 57.8 Å². The summed E-state index contributed by atoms with van der Waals surface area (Å²) in [6.07, 6.45) is 1.10. The van der Waals surface area contributed by atoms with Gasteiger partial charge in [-0.15, -0.1) is 0 Å². The number of ether oxygens (including phenoxy) is 2. The Hall–Kier alpha value is -1.59. The van der Waals surface area contributed by atoms with Crippen molar-refractivity contribution >= 4 is 15.9 Å². The third-order valence-corrected chi connectivity index (χ3v) is 4.01. The normalized spacial score (nSPS) is 10.7. The van der Waals surface area contributed by atoms with E-state index in [1.807, 2.05) is 19.1 Å². The van der Waals surface area contributed by atoms with Crippen molar-refractivity contribution in [3.63, 3.8) is 0 Å². The number of benzene rings is 2. The van der Waals surface area contributed by atoms with E-state index in [1.165, 1.54) is 12.1 Å². The highest BCUT2D eigenvalue weighted by molar-refractivity contribution is 9.10. The van der Waals surface area contributed by atoms with Crippen molar-refractivity contribution in [1.82, 2.24) is 5.32 Å². The Kier molecular flexibility index (Phi) is 7.53. The van der Waals surface area contributed by atoms with Gasteiger partial charge in [-0.25, -0.2) is 4.39 Å². The lowest BCUT2D eigenvalue weighted by molar-refractivity contribution is 0.267. The number of hydrogen-bond donors (Lipinski definition) is 1. The zero-order chi connectivity index (χ0) is 17.4. The maximum Gasteiger partial charge on any atom is 0.175 e. The molecule has 3 nitrogen and oxygen atoms in total. The zero-order valence-corrected chi connectivity index (χ0v) is 15.7. The number of nitrogens with one attached hydrogen (secondary N) is 1. The molecular formula is C19H23BrFNO2. The Morgan fingerprint density at radius 3 is 2.46 bits per heavy atom. The van der Waals surface area contributed by atoms with Crippen molar-refractivity contribution in [2.45, 2.75) is 33.4 Å².